The summed E-state index contributed by atoms with van der Waals surface area (Å²) in [5, 5.41) is 10.4. The number of carbonyl (C=O) groups is 1. The van der Waals surface area contributed by atoms with Crippen LogP contribution in [0, 0.1) is 5.92 Å². The minimum absolute atomic E-state index is 0. The Balaban J connectivity index is 0.00000576. The van der Waals surface area contributed by atoms with Crippen molar-refractivity contribution >= 4 is 35.9 Å². The minimum Gasteiger partial charge on any atom is -0.469 e. The van der Waals surface area contributed by atoms with E-state index in [1.807, 2.05) is 13.0 Å². The molecule has 1 heterocycles. The molecule has 0 aliphatic heterocycles. The molecule has 0 aliphatic carbocycles. The van der Waals surface area contributed by atoms with Crippen LogP contribution in [0.1, 0.15) is 57.9 Å². The van der Waals surface area contributed by atoms with Crippen molar-refractivity contribution in [1.82, 2.24) is 15.8 Å². The molecule has 7 nitrogen and oxygen atoms in total. The SMILES string of the molecule is CCNC(=NCc1cc(C(CC)CC)no1)NCC(C)C(=O)OC.I. The highest BCUT2D eigenvalue weighted by molar-refractivity contribution is 14.0. The Morgan fingerprint density at radius 1 is 1.32 bits per heavy atom. The van der Waals surface area contributed by atoms with Crippen LogP contribution in [0.4, 0.5) is 0 Å². The molecule has 1 unspecified atom stereocenters. The highest BCUT2D eigenvalue weighted by atomic mass is 127. The van der Waals surface area contributed by atoms with Gasteiger partial charge in [0.1, 0.15) is 6.54 Å². The van der Waals surface area contributed by atoms with Crippen LogP contribution in [0.5, 0.6) is 0 Å². The molecule has 0 aromatic carbocycles. The van der Waals surface area contributed by atoms with E-state index in [-0.39, 0.29) is 35.9 Å². The number of aliphatic imine (C=N–C) groups is 1. The van der Waals surface area contributed by atoms with Gasteiger partial charge in [-0.15, -0.1) is 24.0 Å². The van der Waals surface area contributed by atoms with Crippen LogP contribution in [-0.4, -0.2) is 37.3 Å². The summed E-state index contributed by atoms with van der Waals surface area (Å²) < 4.78 is 10.1. The van der Waals surface area contributed by atoms with Crippen molar-refractivity contribution in [3.8, 4) is 0 Å². The van der Waals surface area contributed by atoms with Crippen molar-refractivity contribution in [3.05, 3.63) is 17.5 Å². The largest absolute Gasteiger partial charge is 0.469 e. The smallest absolute Gasteiger partial charge is 0.310 e. The van der Waals surface area contributed by atoms with Gasteiger partial charge in [0.05, 0.1) is 18.7 Å². The fourth-order valence-corrected chi connectivity index (χ4v) is 2.34. The van der Waals surface area contributed by atoms with Crippen molar-refractivity contribution in [2.24, 2.45) is 10.9 Å². The lowest BCUT2D eigenvalue weighted by Gasteiger charge is -2.14. The molecule has 0 spiro atoms. The van der Waals surface area contributed by atoms with Crippen molar-refractivity contribution in [2.45, 2.75) is 53.0 Å². The summed E-state index contributed by atoms with van der Waals surface area (Å²) in [6.45, 7) is 9.67. The molecule has 8 heteroatoms. The molecule has 1 aromatic rings. The second kappa shape index (κ2) is 13.0. The van der Waals surface area contributed by atoms with Crippen LogP contribution in [0.25, 0.3) is 0 Å². The third kappa shape index (κ3) is 8.06. The number of hydrogen-bond donors (Lipinski definition) is 2. The predicted octanol–water partition coefficient (Wildman–Crippen LogP) is 3.06. The number of hydrogen-bond acceptors (Lipinski definition) is 5. The van der Waals surface area contributed by atoms with E-state index >= 15 is 0 Å². The molecule has 0 amide bonds. The van der Waals surface area contributed by atoms with Crippen LogP contribution in [0.15, 0.2) is 15.6 Å². The van der Waals surface area contributed by atoms with E-state index in [4.69, 9.17) is 9.26 Å². The number of nitrogens with zero attached hydrogens (tertiary/aromatic N) is 2. The van der Waals surface area contributed by atoms with Crippen molar-refractivity contribution in [2.75, 3.05) is 20.2 Å². The zero-order chi connectivity index (χ0) is 17.9. The summed E-state index contributed by atoms with van der Waals surface area (Å²) in [7, 11) is 1.39. The van der Waals surface area contributed by atoms with Gasteiger partial charge >= 0.3 is 5.97 Å². The number of methoxy groups -OCH3 is 1. The fraction of sp³-hybridized carbons (Fsp3) is 0.706. The quantitative estimate of drug-likeness (QED) is 0.252. The number of aromatic nitrogens is 1. The van der Waals surface area contributed by atoms with Gasteiger partial charge < -0.3 is 19.9 Å². The molecule has 0 saturated heterocycles. The molecule has 1 aromatic heterocycles. The van der Waals surface area contributed by atoms with E-state index in [9.17, 15) is 4.79 Å². The van der Waals surface area contributed by atoms with Gasteiger partial charge in [0.2, 0.25) is 0 Å². The second-order valence-electron chi connectivity index (χ2n) is 5.73. The van der Waals surface area contributed by atoms with E-state index in [0.29, 0.717) is 25.0 Å². The molecule has 144 valence electrons. The van der Waals surface area contributed by atoms with Gasteiger partial charge in [0.25, 0.3) is 0 Å². The van der Waals surface area contributed by atoms with E-state index in [1.165, 1.54) is 7.11 Å². The van der Waals surface area contributed by atoms with E-state index in [0.717, 1.165) is 30.8 Å². The van der Waals surface area contributed by atoms with E-state index in [1.54, 1.807) is 6.92 Å². The van der Waals surface area contributed by atoms with Crippen LogP contribution in [0.3, 0.4) is 0 Å². The Kier molecular flexibility index (Phi) is 12.3. The number of ether oxygens (including phenoxy) is 1. The number of guanidine groups is 1. The highest BCUT2D eigenvalue weighted by Gasteiger charge is 2.14. The Labute approximate surface area is 167 Å². The number of esters is 1. The summed E-state index contributed by atoms with van der Waals surface area (Å²) >= 11 is 0. The maximum absolute atomic E-state index is 11.4. The Morgan fingerprint density at radius 2 is 2.00 bits per heavy atom. The molecule has 0 fully saturated rings. The Hall–Kier alpha value is -1.32. The first-order valence-electron chi connectivity index (χ1n) is 8.61. The van der Waals surface area contributed by atoms with Gasteiger partial charge in [0, 0.05) is 25.1 Å². The molecular formula is C17H31IN4O3. The molecule has 0 bridgehead atoms. The number of halogens is 1. The van der Waals surface area contributed by atoms with Crippen LogP contribution < -0.4 is 10.6 Å². The first kappa shape index (κ1) is 23.7. The summed E-state index contributed by atoms with van der Waals surface area (Å²) in [6, 6.07) is 1.97. The maximum Gasteiger partial charge on any atom is 0.310 e. The van der Waals surface area contributed by atoms with Crippen LogP contribution >= 0.6 is 24.0 Å². The maximum atomic E-state index is 11.4. The molecule has 1 atom stereocenters. The van der Waals surface area contributed by atoms with Gasteiger partial charge in [-0.2, -0.15) is 0 Å². The average Bonchev–Trinajstić information content (AvgIpc) is 3.06. The lowest BCUT2D eigenvalue weighted by Crippen LogP contribution is -2.40. The molecule has 1 rings (SSSR count). The minimum atomic E-state index is -0.247. The van der Waals surface area contributed by atoms with Gasteiger partial charge in [-0.3, -0.25) is 4.79 Å². The van der Waals surface area contributed by atoms with E-state index < -0.39 is 0 Å². The van der Waals surface area contributed by atoms with Gasteiger partial charge in [-0.1, -0.05) is 25.9 Å². The Morgan fingerprint density at radius 3 is 2.56 bits per heavy atom. The van der Waals surface area contributed by atoms with Gasteiger partial charge in [-0.25, -0.2) is 4.99 Å². The monoisotopic (exact) mass is 466 g/mol. The van der Waals surface area contributed by atoms with Crippen molar-refractivity contribution in [3.63, 3.8) is 0 Å². The summed E-state index contributed by atoms with van der Waals surface area (Å²) in [4.78, 5) is 15.9. The zero-order valence-corrected chi connectivity index (χ0v) is 18.1. The van der Waals surface area contributed by atoms with Crippen molar-refractivity contribution in [1.29, 1.82) is 0 Å². The standard InChI is InChI=1S/C17H30N4O3.HI/c1-6-13(7-2)15-9-14(24-21-15)11-20-17(18-8-3)19-10-12(4)16(22)23-5;/h9,12-13H,6-8,10-11H2,1-5H3,(H2,18,19,20);1H. The van der Waals surface area contributed by atoms with Gasteiger partial charge in [0.15, 0.2) is 11.7 Å². The third-order valence-electron chi connectivity index (χ3n) is 3.90. The molecule has 2 N–H and O–H groups in total. The second-order valence-corrected chi connectivity index (χ2v) is 5.73. The summed E-state index contributed by atoms with van der Waals surface area (Å²) in [5.41, 5.74) is 0.988. The molecule has 25 heavy (non-hydrogen) atoms. The number of nitrogens with one attached hydrogen (secondary N) is 2. The molecular weight excluding hydrogens is 435 g/mol. The molecule has 0 aliphatic rings. The lowest BCUT2D eigenvalue weighted by atomic mass is 9.99. The predicted molar refractivity (Wildman–Crippen MR) is 109 cm³/mol. The highest BCUT2D eigenvalue weighted by Crippen LogP contribution is 2.22. The number of rotatable bonds is 9. The molecule has 0 radical (unpaired) electrons. The van der Waals surface area contributed by atoms with Gasteiger partial charge in [-0.05, 0) is 19.8 Å². The number of carbonyl (C=O) groups excluding carboxylic acids is 1. The average molecular weight is 466 g/mol. The zero-order valence-electron chi connectivity index (χ0n) is 15.8. The van der Waals surface area contributed by atoms with Crippen molar-refractivity contribution < 1.29 is 14.1 Å². The first-order valence-corrected chi connectivity index (χ1v) is 8.61. The topological polar surface area (TPSA) is 88.8 Å². The van der Waals surface area contributed by atoms with E-state index in [2.05, 4.69) is 34.6 Å². The summed E-state index contributed by atoms with van der Waals surface area (Å²) in [6.07, 6.45) is 2.09. The summed E-state index contributed by atoms with van der Waals surface area (Å²) in [5.74, 6) is 1.30. The molecule has 0 saturated carbocycles. The fourth-order valence-electron chi connectivity index (χ4n) is 2.34. The lowest BCUT2D eigenvalue weighted by molar-refractivity contribution is -0.144. The van der Waals surface area contributed by atoms with Crippen LogP contribution in [0.2, 0.25) is 0 Å². The van der Waals surface area contributed by atoms with Crippen LogP contribution in [-0.2, 0) is 16.1 Å². The first-order chi connectivity index (χ1) is 11.5. The third-order valence-corrected chi connectivity index (χ3v) is 3.90. The normalized spacial score (nSPS) is 12.5. The Bertz CT molecular complexity index is 530.